The average molecular weight is 351 g/mol. The number of rotatable bonds is 5. The molecule has 142 valence electrons. The molecule has 6 heteroatoms. The topological polar surface area (TPSA) is 55.9 Å². The van der Waals surface area contributed by atoms with Gasteiger partial charge in [-0.05, 0) is 57.7 Å². The third kappa shape index (κ3) is 4.66. The van der Waals surface area contributed by atoms with Gasteiger partial charge in [0.15, 0.2) is 0 Å². The molecule has 0 bridgehead atoms. The largest absolute Gasteiger partial charge is 0.342 e. The van der Waals surface area contributed by atoms with Crippen LogP contribution in [0.25, 0.3) is 0 Å². The lowest BCUT2D eigenvalue weighted by molar-refractivity contribution is -0.127. The maximum Gasteiger partial charge on any atom is 0.317 e. The summed E-state index contributed by atoms with van der Waals surface area (Å²) in [5.74, 6) is 1.97. The monoisotopic (exact) mass is 350 g/mol. The molecule has 0 saturated carbocycles. The van der Waals surface area contributed by atoms with Crippen molar-refractivity contribution >= 4 is 11.9 Å². The first-order chi connectivity index (χ1) is 12.1. The number of hydrogen-bond donors (Lipinski definition) is 1. The molecule has 25 heavy (non-hydrogen) atoms. The van der Waals surface area contributed by atoms with Gasteiger partial charge in [0, 0.05) is 45.1 Å². The molecule has 1 N–H and O–H groups in total. The van der Waals surface area contributed by atoms with E-state index in [1.807, 2.05) is 9.80 Å². The first kappa shape index (κ1) is 18.5. The Labute approximate surface area is 151 Å². The minimum atomic E-state index is 0.0665. The average Bonchev–Trinajstić information content (AvgIpc) is 3.21. The molecular weight excluding hydrogens is 316 g/mol. The van der Waals surface area contributed by atoms with Gasteiger partial charge in [0.1, 0.15) is 0 Å². The summed E-state index contributed by atoms with van der Waals surface area (Å²) in [6, 6.07) is 0.0665. The van der Waals surface area contributed by atoms with Gasteiger partial charge in [-0.3, -0.25) is 4.79 Å². The van der Waals surface area contributed by atoms with Gasteiger partial charge in [-0.15, -0.1) is 0 Å². The van der Waals surface area contributed by atoms with Gasteiger partial charge in [-0.1, -0.05) is 6.92 Å². The zero-order chi connectivity index (χ0) is 17.8. The lowest BCUT2D eigenvalue weighted by Crippen LogP contribution is -2.41. The molecule has 0 aliphatic carbocycles. The summed E-state index contributed by atoms with van der Waals surface area (Å²) in [5, 5.41) is 3.08. The van der Waals surface area contributed by atoms with Crippen LogP contribution < -0.4 is 5.32 Å². The first-order valence-electron chi connectivity index (χ1n) is 10.1. The van der Waals surface area contributed by atoms with Crippen molar-refractivity contribution in [3.8, 4) is 0 Å². The zero-order valence-corrected chi connectivity index (χ0v) is 15.9. The van der Waals surface area contributed by atoms with Crippen molar-refractivity contribution in [2.45, 2.75) is 39.0 Å². The number of nitrogens with one attached hydrogen (secondary N) is 1. The molecule has 3 aliphatic heterocycles. The van der Waals surface area contributed by atoms with Gasteiger partial charge in [0.25, 0.3) is 0 Å². The van der Waals surface area contributed by atoms with Crippen molar-refractivity contribution in [2.75, 3.05) is 52.9 Å². The number of carbonyl (C=O) groups excluding carboxylic acids is 2. The lowest BCUT2D eigenvalue weighted by atomic mass is 9.84. The maximum absolute atomic E-state index is 12.5. The minimum Gasteiger partial charge on any atom is -0.342 e. The number of urea groups is 1. The second kappa shape index (κ2) is 8.39. The van der Waals surface area contributed by atoms with E-state index >= 15 is 0 Å². The van der Waals surface area contributed by atoms with Gasteiger partial charge in [-0.25, -0.2) is 4.79 Å². The summed E-state index contributed by atoms with van der Waals surface area (Å²) in [6.07, 6.45) is 5.27. The highest BCUT2D eigenvalue weighted by molar-refractivity contribution is 5.79. The van der Waals surface area contributed by atoms with Crippen molar-refractivity contribution < 1.29 is 9.59 Å². The molecule has 0 aromatic heterocycles. The summed E-state index contributed by atoms with van der Waals surface area (Å²) in [6.45, 7) is 8.53. The Morgan fingerprint density at radius 3 is 2.56 bits per heavy atom. The van der Waals surface area contributed by atoms with E-state index in [4.69, 9.17) is 0 Å². The van der Waals surface area contributed by atoms with E-state index in [1.54, 1.807) is 0 Å². The molecule has 0 radical (unpaired) electrons. The number of hydrogen-bond acceptors (Lipinski definition) is 3. The van der Waals surface area contributed by atoms with Crippen molar-refractivity contribution in [1.29, 1.82) is 0 Å². The van der Waals surface area contributed by atoms with E-state index in [-0.39, 0.29) is 17.9 Å². The van der Waals surface area contributed by atoms with Gasteiger partial charge < -0.3 is 20.0 Å². The van der Waals surface area contributed by atoms with E-state index < -0.39 is 0 Å². The van der Waals surface area contributed by atoms with Crippen LogP contribution in [0.2, 0.25) is 0 Å². The number of likely N-dealkylation sites (tertiary alicyclic amines) is 3. The van der Waals surface area contributed by atoms with Crippen molar-refractivity contribution in [2.24, 2.45) is 17.8 Å². The Bertz CT molecular complexity index is 476. The molecule has 3 heterocycles. The predicted octanol–water partition coefficient (Wildman–Crippen LogP) is 1.62. The van der Waals surface area contributed by atoms with E-state index in [0.717, 1.165) is 44.9 Å². The molecule has 3 saturated heterocycles. The minimum absolute atomic E-state index is 0.0665. The van der Waals surface area contributed by atoms with Crippen molar-refractivity contribution in [1.82, 2.24) is 20.0 Å². The van der Waals surface area contributed by atoms with Crippen LogP contribution in [0.15, 0.2) is 0 Å². The first-order valence-corrected chi connectivity index (χ1v) is 10.1. The molecule has 0 aromatic rings. The standard InChI is InChI=1S/C19H34N4O2/c1-3-7-22-13-15(11-18(22)24)12-20-19(25)23-10-6-17(14-23)16-4-8-21(2)9-5-16/h15-17H,3-14H2,1-2H3,(H,20,25). The van der Waals surface area contributed by atoms with Crippen molar-refractivity contribution in [3.05, 3.63) is 0 Å². The van der Waals surface area contributed by atoms with Gasteiger partial charge in [0.05, 0.1) is 0 Å². The second-order valence-electron chi connectivity index (χ2n) is 8.23. The Hall–Kier alpha value is -1.30. The zero-order valence-electron chi connectivity index (χ0n) is 15.9. The molecule has 3 fully saturated rings. The predicted molar refractivity (Wildman–Crippen MR) is 98.3 cm³/mol. The van der Waals surface area contributed by atoms with E-state index in [0.29, 0.717) is 18.9 Å². The third-order valence-corrected chi connectivity index (χ3v) is 6.27. The highest BCUT2D eigenvalue weighted by Gasteiger charge is 2.34. The van der Waals surface area contributed by atoms with E-state index in [2.05, 4.69) is 24.2 Å². The SMILES string of the molecule is CCCN1CC(CNC(=O)N2CCC(C3CCN(C)CC3)C2)CC1=O. The highest BCUT2D eigenvalue weighted by Crippen LogP contribution is 2.31. The van der Waals surface area contributed by atoms with Gasteiger partial charge >= 0.3 is 6.03 Å². The van der Waals surface area contributed by atoms with Crippen LogP contribution in [0.3, 0.4) is 0 Å². The van der Waals surface area contributed by atoms with Crippen LogP contribution in [-0.2, 0) is 4.79 Å². The third-order valence-electron chi connectivity index (χ3n) is 6.27. The fraction of sp³-hybridized carbons (Fsp3) is 0.895. The molecule has 2 atom stereocenters. The molecule has 0 aromatic carbocycles. The van der Waals surface area contributed by atoms with Gasteiger partial charge in [0.2, 0.25) is 5.91 Å². The maximum atomic E-state index is 12.5. The Kier molecular flexibility index (Phi) is 6.20. The molecular formula is C19H34N4O2. The molecule has 3 aliphatic rings. The Morgan fingerprint density at radius 1 is 1.12 bits per heavy atom. The number of carbonyl (C=O) groups is 2. The Balaban J connectivity index is 1.39. The highest BCUT2D eigenvalue weighted by atomic mass is 16.2. The van der Waals surface area contributed by atoms with Gasteiger partial charge in [-0.2, -0.15) is 0 Å². The van der Waals surface area contributed by atoms with Crippen molar-refractivity contribution in [3.63, 3.8) is 0 Å². The molecule has 0 spiro atoms. The fourth-order valence-corrected chi connectivity index (χ4v) is 4.68. The smallest absolute Gasteiger partial charge is 0.317 e. The van der Waals surface area contributed by atoms with Crippen LogP contribution in [0.5, 0.6) is 0 Å². The molecule has 6 nitrogen and oxygen atoms in total. The summed E-state index contributed by atoms with van der Waals surface area (Å²) >= 11 is 0. The number of amides is 3. The van der Waals surface area contributed by atoms with Crippen LogP contribution >= 0.6 is 0 Å². The van der Waals surface area contributed by atoms with Crippen LogP contribution in [-0.4, -0.2) is 79.5 Å². The lowest BCUT2D eigenvalue weighted by Gasteiger charge is -2.32. The summed E-state index contributed by atoms with van der Waals surface area (Å²) < 4.78 is 0. The molecule has 3 rings (SSSR count). The Morgan fingerprint density at radius 2 is 1.84 bits per heavy atom. The van der Waals surface area contributed by atoms with Crippen LogP contribution in [0, 0.1) is 17.8 Å². The second-order valence-corrected chi connectivity index (χ2v) is 8.23. The number of piperidine rings is 1. The summed E-state index contributed by atoms with van der Waals surface area (Å²) in [4.78, 5) is 30.7. The summed E-state index contributed by atoms with van der Waals surface area (Å²) in [7, 11) is 2.19. The quantitative estimate of drug-likeness (QED) is 0.820. The van der Waals surface area contributed by atoms with Crippen LogP contribution in [0.4, 0.5) is 4.79 Å². The summed E-state index contributed by atoms with van der Waals surface area (Å²) in [5.41, 5.74) is 0. The molecule has 2 unspecified atom stereocenters. The normalized spacial score (nSPS) is 28.8. The number of nitrogens with zero attached hydrogens (tertiary/aromatic N) is 3. The van der Waals surface area contributed by atoms with E-state index in [1.165, 1.54) is 25.9 Å². The fourth-order valence-electron chi connectivity index (χ4n) is 4.68. The van der Waals surface area contributed by atoms with Crippen LogP contribution in [0.1, 0.15) is 39.0 Å². The van der Waals surface area contributed by atoms with E-state index in [9.17, 15) is 9.59 Å². The molecule has 3 amide bonds.